The van der Waals surface area contributed by atoms with Gasteiger partial charge in [-0.2, -0.15) is 11.8 Å². The van der Waals surface area contributed by atoms with Gasteiger partial charge in [0.25, 0.3) is 5.69 Å². The average molecular weight is 466 g/mol. The Morgan fingerprint density at radius 2 is 1.92 bits per heavy atom. The topological polar surface area (TPSA) is 79.6 Å². The zero-order valence-corrected chi connectivity index (χ0v) is 17.8. The van der Waals surface area contributed by atoms with Gasteiger partial charge in [0.05, 0.1) is 11.5 Å². The molecule has 0 fully saturated rings. The highest BCUT2D eigenvalue weighted by Gasteiger charge is 2.12. The average Bonchev–Trinajstić information content (AvgIpc) is 2.48. The largest absolute Gasteiger partial charge is 0.356 e. The first-order valence-corrected chi connectivity index (χ1v) is 9.00. The standard InChI is InChI=1S/C16H26N4O2S.HI/c1-16(2,3)19-15(17-10-5-11-23-4)18-12-13-6-8-14(9-7-13)20(21)22;/h6-9H,5,10-12H2,1-4H3,(H2,17,18,19);1H. The summed E-state index contributed by atoms with van der Waals surface area (Å²) < 4.78 is 0. The maximum Gasteiger partial charge on any atom is 0.269 e. The predicted octanol–water partition coefficient (Wildman–Crippen LogP) is 3.80. The van der Waals surface area contributed by atoms with Crippen LogP contribution in [0.15, 0.2) is 29.3 Å². The van der Waals surface area contributed by atoms with Crippen molar-refractivity contribution in [1.29, 1.82) is 0 Å². The Kier molecular flexibility index (Phi) is 11.0. The fourth-order valence-electron chi connectivity index (χ4n) is 1.81. The number of guanidine groups is 1. The lowest BCUT2D eigenvalue weighted by Gasteiger charge is -2.24. The minimum Gasteiger partial charge on any atom is -0.356 e. The summed E-state index contributed by atoms with van der Waals surface area (Å²) in [6, 6.07) is 6.50. The first-order valence-electron chi connectivity index (χ1n) is 7.60. The molecule has 0 aliphatic rings. The van der Waals surface area contributed by atoms with Crippen LogP contribution in [0.2, 0.25) is 0 Å². The molecular weight excluding hydrogens is 439 g/mol. The summed E-state index contributed by atoms with van der Waals surface area (Å²) in [5.74, 6) is 1.87. The lowest BCUT2D eigenvalue weighted by Crippen LogP contribution is -2.47. The quantitative estimate of drug-likeness (QED) is 0.160. The summed E-state index contributed by atoms with van der Waals surface area (Å²) in [6.07, 6.45) is 3.17. The van der Waals surface area contributed by atoms with Gasteiger partial charge < -0.3 is 10.6 Å². The van der Waals surface area contributed by atoms with E-state index in [4.69, 9.17) is 0 Å². The van der Waals surface area contributed by atoms with Crippen LogP contribution in [-0.4, -0.2) is 35.0 Å². The maximum atomic E-state index is 10.7. The van der Waals surface area contributed by atoms with E-state index in [1.165, 1.54) is 12.1 Å². The monoisotopic (exact) mass is 466 g/mol. The van der Waals surface area contributed by atoms with Crippen molar-refractivity contribution >= 4 is 47.4 Å². The highest BCUT2D eigenvalue weighted by Crippen LogP contribution is 2.12. The summed E-state index contributed by atoms with van der Waals surface area (Å²) in [4.78, 5) is 14.8. The van der Waals surface area contributed by atoms with Gasteiger partial charge in [-0.05, 0) is 44.8 Å². The second kappa shape index (κ2) is 11.5. The minimum atomic E-state index is -0.396. The third-order valence-electron chi connectivity index (χ3n) is 2.88. The molecule has 8 heteroatoms. The van der Waals surface area contributed by atoms with Crippen molar-refractivity contribution in [2.75, 3.05) is 18.6 Å². The maximum absolute atomic E-state index is 10.7. The van der Waals surface area contributed by atoms with E-state index in [9.17, 15) is 10.1 Å². The number of nitro groups is 1. The first kappa shape index (κ1) is 23.0. The number of non-ortho nitro benzene ring substituents is 1. The van der Waals surface area contributed by atoms with Crippen LogP contribution in [0.1, 0.15) is 32.8 Å². The molecule has 2 N–H and O–H groups in total. The molecular formula is C16H27IN4O2S. The van der Waals surface area contributed by atoms with Gasteiger partial charge in [-0.25, -0.2) is 4.99 Å². The zero-order valence-electron chi connectivity index (χ0n) is 14.7. The molecule has 0 saturated heterocycles. The van der Waals surface area contributed by atoms with E-state index >= 15 is 0 Å². The number of nitrogens with zero attached hydrogens (tertiary/aromatic N) is 2. The van der Waals surface area contributed by atoms with Crippen molar-refractivity contribution in [1.82, 2.24) is 10.6 Å². The molecule has 1 aromatic rings. The summed E-state index contributed by atoms with van der Waals surface area (Å²) in [6.45, 7) is 7.59. The number of nitrogens with one attached hydrogen (secondary N) is 2. The molecule has 1 rings (SSSR count). The summed E-state index contributed by atoms with van der Waals surface area (Å²) in [7, 11) is 0. The minimum absolute atomic E-state index is 0. The molecule has 136 valence electrons. The zero-order chi connectivity index (χ0) is 17.3. The van der Waals surface area contributed by atoms with Gasteiger partial charge in [-0.15, -0.1) is 24.0 Å². The molecule has 1 aromatic carbocycles. The van der Waals surface area contributed by atoms with Gasteiger partial charge in [-0.1, -0.05) is 12.1 Å². The second-order valence-electron chi connectivity index (χ2n) is 6.24. The van der Waals surface area contributed by atoms with Crippen molar-refractivity contribution < 1.29 is 4.92 Å². The lowest BCUT2D eigenvalue weighted by molar-refractivity contribution is -0.384. The number of rotatable bonds is 7. The van der Waals surface area contributed by atoms with E-state index in [1.807, 2.05) is 11.8 Å². The normalized spacial score (nSPS) is 11.6. The van der Waals surface area contributed by atoms with E-state index in [0.29, 0.717) is 6.54 Å². The lowest BCUT2D eigenvalue weighted by atomic mass is 10.1. The number of hydrogen-bond acceptors (Lipinski definition) is 4. The van der Waals surface area contributed by atoms with E-state index in [1.54, 1.807) is 12.1 Å². The fraction of sp³-hybridized carbons (Fsp3) is 0.562. The van der Waals surface area contributed by atoms with Gasteiger partial charge in [-0.3, -0.25) is 10.1 Å². The van der Waals surface area contributed by atoms with Crippen LogP contribution >= 0.6 is 35.7 Å². The van der Waals surface area contributed by atoms with Crippen molar-refractivity contribution in [2.45, 2.75) is 39.3 Å². The molecule has 0 radical (unpaired) electrons. The Hall–Kier alpha value is -1.03. The smallest absolute Gasteiger partial charge is 0.269 e. The molecule has 0 aromatic heterocycles. The van der Waals surface area contributed by atoms with Crippen LogP contribution in [0.5, 0.6) is 0 Å². The highest BCUT2D eigenvalue weighted by atomic mass is 127. The Labute approximate surface area is 165 Å². The van der Waals surface area contributed by atoms with Crippen LogP contribution < -0.4 is 10.6 Å². The van der Waals surface area contributed by atoms with Gasteiger partial charge in [0.1, 0.15) is 0 Å². The second-order valence-corrected chi connectivity index (χ2v) is 7.22. The van der Waals surface area contributed by atoms with Gasteiger partial charge >= 0.3 is 0 Å². The van der Waals surface area contributed by atoms with Crippen LogP contribution in [0, 0.1) is 10.1 Å². The number of halogens is 1. The molecule has 0 aliphatic heterocycles. The highest BCUT2D eigenvalue weighted by molar-refractivity contribution is 14.0. The Morgan fingerprint density at radius 3 is 2.42 bits per heavy atom. The van der Waals surface area contributed by atoms with E-state index in [-0.39, 0.29) is 35.2 Å². The van der Waals surface area contributed by atoms with E-state index < -0.39 is 4.92 Å². The Bertz CT molecular complexity index is 530. The molecule has 0 unspecified atom stereocenters. The van der Waals surface area contributed by atoms with Crippen molar-refractivity contribution in [3.05, 3.63) is 39.9 Å². The molecule has 0 saturated carbocycles. The van der Waals surface area contributed by atoms with E-state index in [0.717, 1.165) is 30.2 Å². The predicted molar refractivity (Wildman–Crippen MR) is 114 cm³/mol. The summed E-state index contributed by atoms with van der Waals surface area (Å²) >= 11 is 1.82. The number of aliphatic imine (C=N–C) groups is 1. The molecule has 6 nitrogen and oxygen atoms in total. The summed E-state index contributed by atoms with van der Waals surface area (Å²) in [5.41, 5.74) is 0.955. The molecule has 0 spiro atoms. The molecule has 0 atom stereocenters. The molecule has 0 bridgehead atoms. The first-order chi connectivity index (χ1) is 10.8. The third kappa shape index (κ3) is 9.96. The van der Waals surface area contributed by atoms with Gasteiger partial charge in [0.15, 0.2) is 5.96 Å². The van der Waals surface area contributed by atoms with Crippen LogP contribution in [0.25, 0.3) is 0 Å². The summed E-state index contributed by atoms with van der Waals surface area (Å²) in [5, 5.41) is 17.3. The van der Waals surface area contributed by atoms with E-state index in [2.05, 4.69) is 42.7 Å². The third-order valence-corrected chi connectivity index (χ3v) is 3.57. The van der Waals surface area contributed by atoms with Crippen LogP contribution in [0.3, 0.4) is 0 Å². The van der Waals surface area contributed by atoms with Crippen LogP contribution in [0.4, 0.5) is 5.69 Å². The van der Waals surface area contributed by atoms with Crippen molar-refractivity contribution in [2.24, 2.45) is 4.99 Å². The van der Waals surface area contributed by atoms with Crippen LogP contribution in [-0.2, 0) is 6.54 Å². The number of nitro benzene ring substituents is 1. The molecule has 24 heavy (non-hydrogen) atoms. The Morgan fingerprint density at radius 1 is 1.29 bits per heavy atom. The number of hydrogen-bond donors (Lipinski definition) is 2. The molecule has 0 aliphatic carbocycles. The molecule has 0 amide bonds. The number of thioether (sulfide) groups is 1. The molecule has 0 heterocycles. The van der Waals surface area contributed by atoms with Gasteiger partial charge in [0, 0.05) is 24.2 Å². The Balaban J connectivity index is 0.00000529. The van der Waals surface area contributed by atoms with Gasteiger partial charge in [0.2, 0.25) is 0 Å². The van der Waals surface area contributed by atoms with Crippen molar-refractivity contribution in [3.8, 4) is 0 Å². The number of benzene rings is 1. The van der Waals surface area contributed by atoms with Crippen molar-refractivity contribution in [3.63, 3.8) is 0 Å². The fourth-order valence-corrected chi connectivity index (χ4v) is 2.24. The SMILES string of the molecule is CSCCCNC(=NCc1ccc([N+](=O)[O-])cc1)NC(C)(C)C.I.